The number of hydrogen-bond donors (Lipinski definition) is 2. The molecule has 1 unspecified atom stereocenters. The Labute approximate surface area is 107 Å². The van der Waals surface area contributed by atoms with Crippen molar-refractivity contribution in [2.24, 2.45) is 5.73 Å². The van der Waals surface area contributed by atoms with Gasteiger partial charge in [0.25, 0.3) is 0 Å². The lowest BCUT2D eigenvalue weighted by molar-refractivity contribution is 0.276. The first kappa shape index (κ1) is 14.1. The van der Waals surface area contributed by atoms with Gasteiger partial charge in [0.2, 0.25) is 0 Å². The Morgan fingerprint density at radius 3 is 2.65 bits per heavy atom. The summed E-state index contributed by atoms with van der Waals surface area (Å²) in [5.74, 6) is 1.53. The van der Waals surface area contributed by atoms with Crippen molar-refractivity contribution in [3.05, 3.63) is 23.8 Å². The maximum atomic E-state index is 8.85. The number of halogens is 1. The molecule has 0 aromatic heterocycles. The lowest BCUT2D eigenvalue weighted by atomic mass is 10.0. The molecule has 2 rings (SSSR count). The van der Waals surface area contributed by atoms with Gasteiger partial charge in [0.15, 0.2) is 11.5 Å². The van der Waals surface area contributed by atoms with Gasteiger partial charge in [-0.3, -0.25) is 0 Å². The van der Waals surface area contributed by atoms with Crippen LogP contribution in [0.3, 0.4) is 0 Å². The van der Waals surface area contributed by atoms with Crippen molar-refractivity contribution in [3.63, 3.8) is 0 Å². The molecule has 3 N–H and O–H groups in total. The largest absolute Gasteiger partial charge is 0.490 e. The summed E-state index contributed by atoms with van der Waals surface area (Å²) in [7, 11) is 0. The minimum absolute atomic E-state index is 0. The molecule has 96 valence electrons. The summed E-state index contributed by atoms with van der Waals surface area (Å²) in [4.78, 5) is 0. The molecule has 1 heterocycles. The molecular weight excluding hydrogens is 242 g/mol. The molecule has 17 heavy (non-hydrogen) atoms. The van der Waals surface area contributed by atoms with Crippen molar-refractivity contribution in [3.8, 4) is 11.5 Å². The molecule has 0 saturated heterocycles. The van der Waals surface area contributed by atoms with Crippen LogP contribution in [0.2, 0.25) is 0 Å². The second-order valence-corrected chi connectivity index (χ2v) is 3.88. The summed E-state index contributed by atoms with van der Waals surface area (Å²) in [5, 5.41) is 8.85. The van der Waals surface area contributed by atoms with E-state index in [-0.39, 0.29) is 25.1 Å². The third-order valence-electron chi connectivity index (χ3n) is 2.64. The van der Waals surface area contributed by atoms with Gasteiger partial charge in [-0.15, -0.1) is 12.4 Å². The van der Waals surface area contributed by atoms with E-state index < -0.39 is 0 Å². The van der Waals surface area contributed by atoms with E-state index in [1.54, 1.807) is 0 Å². The van der Waals surface area contributed by atoms with Crippen LogP contribution in [-0.2, 0) is 0 Å². The highest BCUT2D eigenvalue weighted by molar-refractivity contribution is 5.85. The van der Waals surface area contributed by atoms with Gasteiger partial charge in [-0.2, -0.15) is 0 Å². The summed E-state index contributed by atoms with van der Waals surface area (Å²) in [5.41, 5.74) is 6.89. The second kappa shape index (κ2) is 6.69. The van der Waals surface area contributed by atoms with Crippen LogP contribution in [0.1, 0.15) is 24.4 Å². The Morgan fingerprint density at radius 1 is 1.24 bits per heavy atom. The van der Waals surface area contributed by atoms with Crippen molar-refractivity contribution in [2.45, 2.75) is 18.9 Å². The molecule has 1 aromatic rings. The Balaban J connectivity index is 0.00000144. The third kappa shape index (κ3) is 3.49. The van der Waals surface area contributed by atoms with Crippen LogP contribution in [0.5, 0.6) is 11.5 Å². The summed E-state index contributed by atoms with van der Waals surface area (Å²) < 4.78 is 11.1. The fraction of sp³-hybridized carbons (Fsp3) is 0.500. The van der Waals surface area contributed by atoms with Gasteiger partial charge in [0.05, 0.1) is 13.2 Å². The molecule has 0 bridgehead atoms. The number of nitrogens with two attached hydrogens (primary N) is 1. The van der Waals surface area contributed by atoms with Crippen LogP contribution in [0, 0.1) is 0 Å². The number of aliphatic hydroxyl groups excluding tert-OH is 1. The molecule has 0 saturated carbocycles. The van der Waals surface area contributed by atoms with E-state index in [0.717, 1.165) is 23.5 Å². The molecule has 5 heteroatoms. The molecule has 0 fully saturated rings. The monoisotopic (exact) mass is 259 g/mol. The van der Waals surface area contributed by atoms with Crippen LogP contribution in [-0.4, -0.2) is 24.9 Å². The van der Waals surface area contributed by atoms with Gasteiger partial charge in [-0.25, -0.2) is 0 Å². The number of aliphatic hydroxyl groups is 1. The van der Waals surface area contributed by atoms with Crippen LogP contribution < -0.4 is 15.2 Å². The quantitative estimate of drug-likeness (QED) is 0.866. The topological polar surface area (TPSA) is 64.7 Å². The molecule has 0 amide bonds. The summed E-state index contributed by atoms with van der Waals surface area (Å²) in [6.45, 7) is 1.45. The Kier molecular flexibility index (Phi) is 5.55. The number of fused-ring (bicyclic) bond motifs is 1. The fourth-order valence-electron chi connectivity index (χ4n) is 1.72. The number of hydrogen-bond acceptors (Lipinski definition) is 4. The van der Waals surface area contributed by atoms with E-state index in [1.165, 1.54) is 0 Å². The Bertz CT molecular complexity index is 360. The third-order valence-corrected chi connectivity index (χ3v) is 2.64. The lowest BCUT2D eigenvalue weighted by Gasteiger charge is -2.13. The molecule has 0 aliphatic carbocycles. The van der Waals surface area contributed by atoms with Gasteiger partial charge < -0.3 is 20.3 Å². The smallest absolute Gasteiger partial charge is 0.161 e. The number of ether oxygens (including phenoxy) is 2. The number of benzene rings is 1. The summed E-state index contributed by atoms with van der Waals surface area (Å²) in [6.07, 6.45) is 1.45. The van der Waals surface area contributed by atoms with Crippen LogP contribution >= 0.6 is 12.4 Å². The molecule has 4 nitrogen and oxygen atoms in total. The van der Waals surface area contributed by atoms with E-state index in [1.807, 2.05) is 18.2 Å². The Morgan fingerprint density at radius 2 is 1.94 bits per heavy atom. The standard InChI is InChI=1S/C12H17NO3.ClH/c13-10(4-5-14)9-2-3-11-12(8-9)16-7-1-6-15-11;/h2-3,8,10,14H,1,4-7,13H2;1H. The van der Waals surface area contributed by atoms with Crippen molar-refractivity contribution in [2.75, 3.05) is 19.8 Å². The van der Waals surface area contributed by atoms with Gasteiger partial charge in [-0.05, 0) is 24.1 Å². The summed E-state index contributed by atoms with van der Waals surface area (Å²) >= 11 is 0. The molecule has 1 aromatic carbocycles. The van der Waals surface area contributed by atoms with E-state index in [9.17, 15) is 0 Å². The molecule has 1 aliphatic rings. The van der Waals surface area contributed by atoms with Crippen molar-refractivity contribution in [1.82, 2.24) is 0 Å². The highest BCUT2D eigenvalue weighted by Gasteiger charge is 2.13. The van der Waals surface area contributed by atoms with Crippen LogP contribution in [0.25, 0.3) is 0 Å². The molecule has 1 aliphatic heterocycles. The predicted molar refractivity (Wildman–Crippen MR) is 67.9 cm³/mol. The van der Waals surface area contributed by atoms with Crippen molar-refractivity contribution in [1.29, 1.82) is 0 Å². The predicted octanol–water partition coefficient (Wildman–Crippen LogP) is 1.65. The second-order valence-electron chi connectivity index (χ2n) is 3.88. The fourth-order valence-corrected chi connectivity index (χ4v) is 1.72. The molecular formula is C12H18ClNO3. The maximum Gasteiger partial charge on any atom is 0.161 e. The normalized spacial score (nSPS) is 15.6. The first-order chi connectivity index (χ1) is 7.81. The van der Waals surface area contributed by atoms with Gasteiger partial charge >= 0.3 is 0 Å². The zero-order valence-corrected chi connectivity index (χ0v) is 10.4. The first-order valence-electron chi connectivity index (χ1n) is 5.57. The van der Waals surface area contributed by atoms with Crippen LogP contribution in [0.15, 0.2) is 18.2 Å². The van der Waals surface area contributed by atoms with E-state index in [4.69, 9.17) is 20.3 Å². The number of rotatable bonds is 3. The zero-order chi connectivity index (χ0) is 11.4. The zero-order valence-electron chi connectivity index (χ0n) is 9.59. The van der Waals surface area contributed by atoms with Crippen molar-refractivity contribution < 1.29 is 14.6 Å². The summed E-state index contributed by atoms with van der Waals surface area (Å²) in [6, 6.07) is 5.56. The maximum absolute atomic E-state index is 8.85. The molecule has 0 spiro atoms. The van der Waals surface area contributed by atoms with Crippen LogP contribution in [0.4, 0.5) is 0 Å². The van der Waals surface area contributed by atoms with E-state index >= 15 is 0 Å². The van der Waals surface area contributed by atoms with Gasteiger partial charge in [0.1, 0.15) is 0 Å². The minimum atomic E-state index is -0.151. The SMILES string of the molecule is Cl.NC(CCO)c1ccc2c(c1)OCCCO2. The van der Waals surface area contributed by atoms with Crippen molar-refractivity contribution >= 4 is 12.4 Å². The highest BCUT2D eigenvalue weighted by atomic mass is 35.5. The first-order valence-corrected chi connectivity index (χ1v) is 5.57. The minimum Gasteiger partial charge on any atom is -0.490 e. The Hall–Kier alpha value is -0.970. The average molecular weight is 260 g/mol. The van der Waals surface area contributed by atoms with E-state index in [0.29, 0.717) is 19.6 Å². The lowest BCUT2D eigenvalue weighted by Crippen LogP contribution is -2.12. The van der Waals surface area contributed by atoms with E-state index in [2.05, 4.69) is 0 Å². The van der Waals surface area contributed by atoms with Gasteiger partial charge in [-0.1, -0.05) is 6.07 Å². The molecule has 1 atom stereocenters. The highest BCUT2D eigenvalue weighted by Crippen LogP contribution is 2.32. The van der Waals surface area contributed by atoms with Gasteiger partial charge in [0, 0.05) is 19.1 Å². The average Bonchev–Trinajstić information content (AvgIpc) is 2.53. The molecule has 0 radical (unpaired) electrons.